The minimum absolute atomic E-state index is 1.37. The molecule has 86 valence electrons. The number of hydrogen-bond donors (Lipinski definition) is 0. The van der Waals surface area contributed by atoms with E-state index in [0.717, 1.165) is 0 Å². The highest BCUT2D eigenvalue weighted by atomic mass is 32.1. The fraction of sp³-hybridized carbons (Fsp3) is 0.143. The van der Waals surface area contributed by atoms with Crippen molar-refractivity contribution in [3.8, 4) is 20.2 Å². The smallest absolute Gasteiger partial charge is 0.0529 e. The lowest BCUT2D eigenvalue weighted by atomic mass is 10.2. The Hall–Kier alpha value is -0.900. The van der Waals surface area contributed by atoms with Crippen molar-refractivity contribution in [2.75, 3.05) is 0 Å². The Morgan fingerprint density at radius 2 is 1.41 bits per heavy atom. The van der Waals surface area contributed by atoms with Crippen molar-refractivity contribution in [1.82, 2.24) is 0 Å². The fourth-order valence-corrected chi connectivity index (χ4v) is 4.71. The summed E-state index contributed by atoms with van der Waals surface area (Å²) >= 11 is 5.59. The second-order valence-electron chi connectivity index (χ2n) is 3.98. The number of thiophene rings is 3. The van der Waals surface area contributed by atoms with E-state index in [1.165, 1.54) is 29.9 Å². The van der Waals surface area contributed by atoms with E-state index in [1.54, 1.807) is 0 Å². The first-order valence-electron chi connectivity index (χ1n) is 5.45. The molecule has 0 saturated carbocycles. The summed E-state index contributed by atoms with van der Waals surface area (Å²) in [6, 6.07) is 11.1. The molecular weight excluding hydrogens is 264 g/mol. The highest BCUT2D eigenvalue weighted by Crippen LogP contribution is 2.41. The van der Waals surface area contributed by atoms with Gasteiger partial charge in [0.15, 0.2) is 0 Å². The van der Waals surface area contributed by atoms with Crippen molar-refractivity contribution in [2.45, 2.75) is 13.8 Å². The molecule has 0 nitrogen and oxygen atoms in total. The van der Waals surface area contributed by atoms with Crippen LogP contribution in [0.2, 0.25) is 0 Å². The predicted octanol–water partition coefficient (Wildman–Crippen LogP) is 5.82. The summed E-state index contributed by atoms with van der Waals surface area (Å²) < 4.78 is 0. The molecule has 0 N–H and O–H groups in total. The fourth-order valence-electron chi connectivity index (χ4n) is 1.83. The Morgan fingerprint density at radius 3 is 2.00 bits per heavy atom. The first-order chi connectivity index (χ1) is 8.24. The van der Waals surface area contributed by atoms with Gasteiger partial charge < -0.3 is 0 Å². The molecule has 3 heteroatoms. The molecule has 0 aliphatic heterocycles. The molecule has 3 rings (SSSR count). The second-order valence-corrected chi connectivity index (χ2v) is 7.48. The van der Waals surface area contributed by atoms with E-state index >= 15 is 0 Å². The summed E-state index contributed by atoms with van der Waals surface area (Å²) in [7, 11) is 0. The van der Waals surface area contributed by atoms with Crippen molar-refractivity contribution in [3.63, 3.8) is 0 Å². The number of rotatable bonds is 2. The van der Waals surface area contributed by atoms with Crippen molar-refractivity contribution in [3.05, 3.63) is 45.5 Å². The van der Waals surface area contributed by atoms with E-state index in [4.69, 9.17) is 0 Å². The van der Waals surface area contributed by atoms with Crippen LogP contribution in [0.3, 0.4) is 0 Å². The van der Waals surface area contributed by atoms with Gasteiger partial charge >= 0.3 is 0 Å². The minimum Gasteiger partial charge on any atom is -0.142 e. The summed E-state index contributed by atoms with van der Waals surface area (Å²) in [5.41, 5.74) is 1.38. The molecule has 0 aromatic carbocycles. The Labute approximate surface area is 113 Å². The van der Waals surface area contributed by atoms with E-state index in [1.807, 2.05) is 34.0 Å². The van der Waals surface area contributed by atoms with Crippen LogP contribution in [-0.2, 0) is 0 Å². The first kappa shape index (κ1) is 11.2. The van der Waals surface area contributed by atoms with Crippen LogP contribution < -0.4 is 0 Å². The van der Waals surface area contributed by atoms with Crippen LogP contribution in [0.4, 0.5) is 0 Å². The summed E-state index contributed by atoms with van der Waals surface area (Å²) in [5.74, 6) is 0. The van der Waals surface area contributed by atoms with Gasteiger partial charge in [0.05, 0.1) is 4.88 Å². The molecule has 17 heavy (non-hydrogen) atoms. The predicted molar refractivity (Wildman–Crippen MR) is 80.4 cm³/mol. The third-order valence-corrected chi connectivity index (χ3v) is 5.76. The van der Waals surface area contributed by atoms with Gasteiger partial charge in [-0.25, -0.2) is 0 Å². The van der Waals surface area contributed by atoms with Crippen LogP contribution in [0.15, 0.2) is 35.7 Å². The number of hydrogen-bond acceptors (Lipinski definition) is 3. The summed E-state index contributed by atoms with van der Waals surface area (Å²) in [4.78, 5) is 6.93. The molecule has 0 saturated heterocycles. The average molecular weight is 276 g/mol. The van der Waals surface area contributed by atoms with Gasteiger partial charge in [-0.05, 0) is 49.6 Å². The maximum absolute atomic E-state index is 2.24. The standard InChI is InChI=1S/C14H12S3/c1-9-3-5-12(16-9)11-7-8-15-14(11)13-6-4-10(2)17-13/h3-8H,1-2H3. The van der Waals surface area contributed by atoms with Crippen molar-refractivity contribution in [1.29, 1.82) is 0 Å². The third kappa shape index (κ3) is 2.10. The summed E-state index contributed by atoms with van der Waals surface area (Å²) in [6.07, 6.45) is 0. The lowest BCUT2D eigenvalue weighted by molar-refractivity contribution is 1.64. The molecular formula is C14H12S3. The Balaban J connectivity index is 2.11. The Kier molecular flexibility index (Phi) is 2.90. The quantitative estimate of drug-likeness (QED) is 0.553. The Bertz CT molecular complexity index is 585. The van der Waals surface area contributed by atoms with Crippen molar-refractivity contribution in [2.24, 2.45) is 0 Å². The molecule has 3 aromatic rings. The molecule has 0 amide bonds. The number of aryl methyl sites for hydroxylation is 2. The van der Waals surface area contributed by atoms with E-state index in [-0.39, 0.29) is 0 Å². The van der Waals surface area contributed by atoms with Gasteiger partial charge in [0.25, 0.3) is 0 Å². The first-order valence-corrected chi connectivity index (χ1v) is 7.96. The zero-order valence-corrected chi connectivity index (χ0v) is 12.1. The molecule has 0 aliphatic rings. The molecule has 0 unspecified atom stereocenters. The van der Waals surface area contributed by atoms with Crippen molar-refractivity contribution < 1.29 is 0 Å². The van der Waals surface area contributed by atoms with Gasteiger partial charge in [-0.2, -0.15) is 0 Å². The van der Waals surface area contributed by atoms with Crippen molar-refractivity contribution >= 4 is 34.0 Å². The normalized spacial score (nSPS) is 10.9. The SMILES string of the molecule is Cc1ccc(-c2ccsc2-c2ccc(C)s2)s1. The lowest BCUT2D eigenvalue weighted by Crippen LogP contribution is -1.69. The van der Waals surface area contributed by atoms with Crippen LogP contribution in [0.5, 0.6) is 0 Å². The van der Waals surface area contributed by atoms with E-state index in [9.17, 15) is 0 Å². The highest BCUT2D eigenvalue weighted by molar-refractivity contribution is 7.22. The van der Waals surface area contributed by atoms with Gasteiger partial charge in [-0.1, -0.05) is 0 Å². The lowest BCUT2D eigenvalue weighted by Gasteiger charge is -1.98. The molecule has 0 aliphatic carbocycles. The van der Waals surface area contributed by atoms with Gasteiger partial charge in [0, 0.05) is 25.1 Å². The van der Waals surface area contributed by atoms with Crippen LogP contribution in [0, 0.1) is 13.8 Å². The highest BCUT2D eigenvalue weighted by Gasteiger charge is 2.11. The topological polar surface area (TPSA) is 0 Å². The van der Waals surface area contributed by atoms with Gasteiger partial charge in [-0.15, -0.1) is 34.0 Å². The summed E-state index contributed by atoms with van der Waals surface area (Å²) in [6.45, 7) is 4.33. The summed E-state index contributed by atoms with van der Waals surface area (Å²) in [5, 5.41) is 2.19. The average Bonchev–Trinajstić information content (AvgIpc) is 2.96. The molecule has 3 heterocycles. The van der Waals surface area contributed by atoms with Crippen LogP contribution in [-0.4, -0.2) is 0 Å². The van der Waals surface area contributed by atoms with E-state index in [2.05, 4.69) is 49.6 Å². The monoisotopic (exact) mass is 276 g/mol. The van der Waals surface area contributed by atoms with E-state index < -0.39 is 0 Å². The Morgan fingerprint density at radius 1 is 0.765 bits per heavy atom. The van der Waals surface area contributed by atoms with Gasteiger partial charge in [-0.3, -0.25) is 0 Å². The van der Waals surface area contributed by atoms with Crippen LogP contribution in [0.1, 0.15) is 9.75 Å². The zero-order valence-electron chi connectivity index (χ0n) is 9.69. The zero-order chi connectivity index (χ0) is 11.8. The van der Waals surface area contributed by atoms with Gasteiger partial charge in [0.2, 0.25) is 0 Å². The maximum atomic E-state index is 2.24. The van der Waals surface area contributed by atoms with Gasteiger partial charge in [0.1, 0.15) is 0 Å². The maximum Gasteiger partial charge on any atom is 0.0529 e. The molecule has 0 radical (unpaired) electrons. The third-order valence-electron chi connectivity index (χ3n) is 2.64. The van der Waals surface area contributed by atoms with Crippen LogP contribution >= 0.6 is 34.0 Å². The van der Waals surface area contributed by atoms with E-state index in [0.29, 0.717) is 0 Å². The molecule has 3 aromatic heterocycles. The minimum atomic E-state index is 1.37. The second kappa shape index (κ2) is 4.41. The largest absolute Gasteiger partial charge is 0.142 e. The molecule has 0 fully saturated rings. The molecule has 0 atom stereocenters. The molecule has 0 spiro atoms. The molecule has 0 bridgehead atoms. The van der Waals surface area contributed by atoms with Crippen LogP contribution in [0.25, 0.3) is 20.2 Å².